The van der Waals surface area contributed by atoms with Crippen LogP contribution in [-0.2, 0) is 4.79 Å². The zero-order valence-corrected chi connectivity index (χ0v) is 19.2. The Hall–Kier alpha value is -2.36. The molecular weight excluding hydrogens is 457 g/mol. The summed E-state index contributed by atoms with van der Waals surface area (Å²) in [4.78, 5) is 16.4. The number of hydrogen-bond donors (Lipinski definition) is 1. The van der Waals surface area contributed by atoms with Crippen LogP contribution in [0, 0.1) is 12.7 Å². The lowest BCUT2D eigenvalue weighted by atomic mass is 10.2. The van der Waals surface area contributed by atoms with Crippen LogP contribution < -0.4 is 10.2 Å². The normalized spacial score (nSPS) is 14.0. The van der Waals surface area contributed by atoms with Crippen LogP contribution in [0.2, 0.25) is 5.02 Å². The highest BCUT2D eigenvalue weighted by Crippen LogP contribution is 2.29. The fourth-order valence-corrected chi connectivity index (χ4v) is 5.09. The number of anilines is 3. The van der Waals surface area contributed by atoms with Crippen molar-refractivity contribution in [3.63, 3.8) is 0 Å². The quantitative estimate of drug-likeness (QED) is 0.513. The Morgan fingerprint density at radius 1 is 1.19 bits per heavy atom. The molecule has 2 heterocycles. The molecule has 0 bridgehead atoms. The molecule has 1 fully saturated rings. The molecule has 0 saturated carbocycles. The van der Waals surface area contributed by atoms with Crippen LogP contribution in [0.4, 0.5) is 20.9 Å². The van der Waals surface area contributed by atoms with E-state index in [1.165, 1.54) is 29.2 Å². The van der Waals surface area contributed by atoms with E-state index in [0.29, 0.717) is 47.8 Å². The van der Waals surface area contributed by atoms with Crippen LogP contribution in [0.1, 0.15) is 5.56 Å². The summed E-state index contributed by atoms with van der Waals surface area (Å²) in [7, 11) is 0. The first kappa shape index (κ1) is 21.9. The third kappa shape index (κ3) is 5.47. The smallest absolute Gasteiger partial charge is 0.233 e. The van der Waals surface area contributed by atoms with E-state index in [9.17, 15) is 9.18 Å². The number of aryl methyl sites for hydroxylation is 1. The van der Waals surface area contributed by atoms with Crippen LogP contribution in [0.15, 0.2) is 46.8 Å². The number of nitrogens with one attached hydrogen (secondary N) is 1. The summed E-state index contributed by atoms with van der Waals surface area (Å²) in [6.45, 7) is 4.32. The highest BCUT2D eigenvalue weighted by Gasteiger charge is 2.23. The molecule has 10 heteroatoms. The van der Waals surface area contributed by atoms with E-state index < -0.39 is 0 Å². The molecule has 1 aliphatic rings. The minimum atomic E-state index is -0.230. The van der Waals surface area contributed by atoms with Crippen molar-refractivity contribution >= 4 is 57.1 Å². The van der Waals surface area contributed by atoms with Crippen LogP contribution in [0.25, 0.3) is 0 Å². The summed E-state index contributed by atoms with van der Waals surface area (Å²) in [5.41, 5.74) is 2.44. The number of hydrogen-bond acceptors (Lipinski definition) is 7. The number of piperazine rings is 1. The van der Waals surface area contributed by atoms with E-state index in [0.717, 1.165) is 15.6 Å². The predicted molar refractivity (Wildman–Crippen MR) is 125 cm³/mol. The molecule has 1 aromatic heterocycles. The molecule has 31 heavy (non-hydrogen) atoms. The van der Waals surface area contributed by atoms with Crippen LogP contribution in [0.5, 0.6) is 0 Å². The molecule has 0 unspecified atom stereocenters. The first-order valence-corrected chi connectivity index (χ1v) is 11.9. The van der Waals surface area contributed by atoms with Gasteiger partial charge in [-0.3, -0.25) is 4.79 Å². The molecule has 162 valence electrons. The van der Waals surface area contributed by atoms with Gasteiger partial charge in [-0.2, -0.15) is 0 Å². The van der Waals surface area contributed by atoms with Gasteiger partial charge < -0.3 is 15.1 Å². The molecule has 0 radical (unpaired) electrons. The van der Waals surface area contributed by atoms with Crippen LogP contribution >= 0.6 is 34.7 Å². The van der Waals surface area contributed by atoms with E-state index in [-0.39, 0.29) is 11.7 Å². The van der Waals surface area contributed by atoms with Crippen molar-refractivity contribution in [1.82, 2.24) is 15.1 Å². The molecule has 1 saturated heterocycles. The number of benzene rings is 2. The molecule has 4 rings (SSSR count). The Morgan fingerprint density at radius 2 is 1.97 bits per heavy atom. The van der Waals surface area contributed by atoms with Crippen molar-refractivity contribution in [2.24, 2.45) is 0 Å². The second-order valence-corrected chi connectivity index (χ2v) is 9.68. The van der Waals surface area contributed by atoms with Gasteiger partial charge in [-0.1, -0.05) is 52.9 Å². The fraction of sp³-hybridized carbons (Fsp3) is 0.286. The number of carbonyl (C=O) groups is 1. The Labute approximate surface area is 193 Å². The van der Waals surface area contributed by atoms with Gasteiger partial charge in [0.25, 0.3) is 0 Å². The van der Waals surface area contributed by atoms with Crippen molar-refractivity contribution in [2.75, 3.05) is 42.1 Å². The molecule has 1 aliphatic heterocycles. The Bertz CT molecular complexity index is 1070. The number of thioether (sulfide) groups is 1. The van der Waals surface area contributed by atoms with Gasteiger partial charge in [0.15, 0.2) is 4.34 Å². The van der Waals surface area contributed by atoms with Crippen LogP contribution in [-0.4, -0.2) is 52.9 Å². The maximum atomic E-state index is 14.0. The summed E-state index contributed by atoms with van der Waals surface area (Å²) < 4.78 is 14.7. The van der Waals surface area contributed by atoms with Gasteiger partial charge in [0.2, 0.25) is 11.0 Å². The van der Waals surface area contributed by atoms with E-state index >= 15 is 0 Å². The van der Waals surface area contributed by atoms with Gasteiger partial charge >= 0.3 is 0 Å². The minimum absolute atomic E-state index is 0.0493. The topological polar surface area (TPSA) is 61.4 Å². The summed E-state index contributed by atoms with van der Waals surface area (Å²) in [5, 5.41) is 12.8. The zero-order chi connectivity index (χ0) is 21.8. The maximum Gasteiger partial charge on any atom is 0.233 e. The number of rotatable bonds is 6. The molecule has 0 spiro atoms. The highest BCUT2D eigenvalue weighted by molar-refractivity contribution is 8.01. The van der Waals surface area contributed by atoms with Crippen molar-refractivity contribution in [3.05, 3.63) is 58.9 Å². The van der Waals surface area contributed by atoms with E-state index in [1.807, 2.05) is 41.0 Å². The van der Waals surface area contributed by atoms with Gasteiger partial charge in [0.05, 0.1) is 11.4 Å². The molecule has 6 nitrogen and oxygen atoms in total. The molecule has 3 aromatic rings. The van der Waals surface area contributed by atoms with Crippen molar-refractivity contribution in [2.45, 2.75) is 11.3 Å². The molecular formula is C21H21ClFN5OS2. The minimum Gasteiger partial charge on any atom is -0.366 e. The standard InChI is InChI=1S/C21H21ClFN5OS2/c1-14-6-7-15(12-16(14)22)24-20-25-26-21(31-20)30-13-19(29)28-10-8-27(9-11-28)18-5-3-2-4-17(18)23/h2-7,12H,8-11,13H2,1H3,(H,24,25). The number of aromatic nitrogens is 2. The Kier molecular flexibility index (Phi) is 6.94. The number of halogens is 2. The van der Waals surface area contributed by atoms with Gasteiger partial charge in [0.1, 0.15) is 5.82 Å². The van der Waals surface area contributed by atoms with Gasteiger partial charge in [0, 0.05) is 36.9 Å². The number of para-hydroxylation sites is 1. The first-order valence-electron chi connectivity index (χ1n) is 9.76. The lowest BCUT2D eigenvalue weighted by Crippen LogP contribution is -2.49. The average molecular weight is 478 g/mol. The van der Waals surface area contributed by atoms with E-state index in [4.69, 9.17) is 11.6 Å². The Balaban J connectivity index is 1.26. The average Bonchev–Trinajstić information content (AvgIpc) is 3.22. The highest BCUT2D eigenvalue weighted by atomic mass is 35.5. The fourth-order valence-electron chi connectivity index (χ4n) is 3.23. The van der Waals surface area contributed by atoms with Gasteiger partial charge in [-0.05, 0) is 36.8 Å². The SMILES string of the molecule is Cc1ccc(Nc2nnc(SCC(=O)N3CCN(c4ccccc4F)CC3)s2)cc1Cl. The number of nitrogens with zero attached hydrogens (tertiary/aromatic N) is 4. The predicted octanol–water partition coefficient (Wildman–Crippen LogP) is 4.82. The largest absolute Gasteiger partial charge is 0.366 e. The third-order valence-electron chi connectivity index (χ3n) is 4.97. The molecule has 0 aliphatic carbocycles. The zero-order valence-electron chi connectivity index (χ0n) is 16.8. The van der Waals surface area contributed by atoms with Gasteiger partial charge in [-0.25, -0.2) is 4.39 Å². The molecule has 2 aromatic carbocycles. The van der Waals surface area contributed by atoms with E-state index in [2.05, 4.69) is 15.5 Å². The first-order chi connectivity index (χ1) is 15.0. The lowest BCUT2D eigenvalue weighted by molar-refractivity contribution is -0.128. The van der Waals surface area contributed by atoms with Gasteiger partial charge in [-0.15, -0.1) is 10.2 Å². The summed E-state index contributed by atoms with van der Waals surface area (Å²) >= 11 is 8.92. The monoisotopic (exact) mass is 477 g/mol. The lowest BCUT2D eigenvalue weighted by Gasteiger charge is -2.36. The van der Waals surface area contributed by atoms with Crippen LogP contribution in [0.3, 0.4) is 0 Å². The second kappa shape index (κ2) is 9.84. The Morgan fingerprint density at radius 3 is 2.71 bits per heavy atom. The number of carbonyl (C=O) groups excluding carboxylic acids is 1. The van der Waals surface area contributed by atoms with E-state index in [1.54, 1.807) is 12.1 Å². The third-order valence-corrected chi connectivity index (χ3v) is 7.34. The van der Waals surface area contributed by atoms with Crippen molar-refractivity contribution in [3.8, 4) is 0 Å². The summed E-state index contributed by atoms with van der Waals surface area (Å²) in [6.07, 6.45) is 0. The van der Waals surface area contributed by atoms with Crippen molar-refractivity contribution < 1.29 is 9.18 Å². The molecule has 1 amide bonds. The molecule has 0 atom stereocenters. The second-order valence-electron chi connectivity index (χ2n) is 7.07. The maximum absolute atomic E-state index is 14.0. The van der Waals surface area contributed by atoms with Crippen molar-refractivity contribution in [1.29, 1.82) is 0 Å². The molecule has 1 N–H and O–H groups in total. The number of amides is 1. The summed E-state index contributed by atoms with van der Waals surface area (Å²) in [6, 6.07) is 12.4. The summed E-state index contributed by atoms with van der Waals surface area (Å²) in [5.74, 6) is 0.115.